The molecule has 2 rings (SSSR count). The Kier molecular flexibility index (Phi) is 1.53. The van der Waals surface area contributed by atoms with Gasteiger partial charge in [-0.15, -0.1) is 11.3 Å². The van der Waals surface area contributed by atoms with Gasteiger partial charge in [0.15, 0.2) is 0 Å². The van der Waals surface area contributed by atoms with E-state index in [4.69, 9.17) is 0 Å². The molecule has 0 nitrogen and oxygen atoms in total. The fourth-order valence-electron chi connectivity index (χ4n) is 1.72. The Morgan fingerprint density at radius 3 is 3.30 bits per heavy atom. The lowest BCUT2D eigenvalue weighted by Crippen LogP contribution is -2.02. The van der Waals surface area contributed by atoms with Crippen LogP contribution in [0.2, 0.25) is 0 Å². The third-order valence-electron chi connectivity index (χ3n) is 2.31. The van der Waals surface area contributed by atoms with Crippen LogP contribution in [0.3, 0.4) is 0 Å². The molecule has 1 heterocycles. The van der Waals surface area contributed by atoms with E-state index in [-0.39, 0.29) is 0 Å². The highest BCUT2D eigenvalue weighted by Gasteiger charge is 2.16. The van der Waals surface area contributed by atoms with Crippen LogP contribution < -0.4 is 0 Å². The fraction of sp³-hybridized carbons (Fsp3) is 0.556. The van der Waals surface area contributed by atoms with E-state index in [1.807, 2.05) is 11.3 Å². The zero-order valence-corrected chi connectivity index (χ0v) is 7.08. The molecule has 0 aromatic carbocycles. The molecule has 0 bridgehead atoms. The van der Waals surface area contributed by atoms with E-state index >= 15 is 0 Å². The molecule has 0 N–H and O–H groups in total. The van der Waals surface area contributed by atoms with Crippen molar-refractivity contribution in [3.8, 4) is 0 Å². The van der Waals surface area contributed by atoms with Crippen LogP contribution in [0, 0.1) is 0 Å². The second kappa shape index (κ2) is 2.39. The molecule has 1 aliphatic rings. The van der Waals surface area contributed by atoms with Gasteiger partial charge < -0.3 is 0 Å². The summed E-state index contributed by atoms with van der Waals surface area (Å²) in [6.45, 7) is 2.34. The molecule has 0 spiro atoms. The first-order valence-corrected chi connectivity index (χ1v) is 4.82. The van der Waals surface area contributed by atoms with Crippen molar-refractivity contribution in [1.29, 1.82) is 0 Å². The Balaban J connectivity index is 2.41. The molecule has 1 aromatic rings. The SMILES string of the molecule is C[C@@H]1CCCc2ccsc21. The Morgan fingerprint density at radius 2 is 2.50 bits per heavy atom. The molecule has 1 heteroatoms. The maximum absolute atomic E-state index is 2.34. The van der Waals surface area contributed by atoms with Crippen molar-refractivity contribution in [1.82, 2.24) is 0 Å². The highest BCUT2D eigenvalue weighted by Crippen LogP contribution is 2.34. The minimum absolute atomic E-state index is 0.837. The van der Waals surface area contributed by atoms with E-state index in [1.165, 1.54) is 19.3 Å². The second-order valence-electron chi connectivity index (χ2n) is 3.10. The molecule has 0 amide bonds. The third kappa shape index (κ3) is 0.891. The second-order valence-corrected chi connectivity index (χ2v) is 4.05. The van der Waals surface area contributed by atoms with Gasteiger partial charge in [-0.1, -0.05) is 6.92 Å². The summed E-state index contributed by atoms with van der Waals surface area (Å²) in [4.78, 5) is 1.64. The third-order valence-corrected chi connectivity index (χ3v) is 3.50. The van der Waals surface area contributed by atoms with Crippen molar-refractivity contribution in [2.24, 2.45) is 0 Å². The van der Waals surface area contributed by atoms with Gasteiger partial charge in [-0.3, -0.25) is 0 Å². The van der Waals surface area contributed by atoms with E-state index in [2.05, 4.69) is 18.4 Å². The number of hydrogen-bond donors (Lipinski definition) is 0. The predicted octanol–water partition coefficient (Wildman–Crippen LogP) is 3.19. The lowest BCUT2D eigenvalue weighted by atomic mass is 9.91. The van der Waals surface area contributed by atoms with Gasteiger partial charge in [-0.05, 0) is 42.2 Å². The Hall–Kier alpha value is -0.300. The zero-order valence-electron chi connectivity index (χ0n) is 6.26. The number of hydrogen-bond acceptors (Lipinski definition) is 1. The van der Waals surface area contributed by atoms with Crippen LogP contribution >= 0.6 is 11.3 Å². The average Bonchev–Trinajstić information content (AvgIpc) is 2.36. The van der Waals surface area contributed by atoms with Gasteiger partial charge in [-0.25, -0.2) is 0 Å². The molecular formula is C9H12S. The molecule has 0 saturated carbocycles. The van der Waals surface area contributed by atoms with E-state index in [9.17, 15) is 0 Å². The highest BCUT2D eigenvalue weighted by atomic mass is 32.1. The van der Waals surface area contributed by atoms with Crippen molar-refractivity contribution in [3.05, 3.63) is 21.9 Å². The van der Waals surface area contributed by atoms with E-state index < -0.39 is 0 Å². The molecule has 0 aliphatic heterocycles. The molecule has 10 heavy (non-hydrogen) atoms. The quantitative estimate of drug-likeness (QED) is 0.535. The van der Waals surface area contributed by atoms with Gasteiger partial charge in [0.25, 0.3) is 0 Å². The molecule has 0 fully saturated rings. The topological polar surface area (TPSA) is 0 Å². The monoisotopic (exact) mass is 152 g/mol. The van der Waals surface area contributed by atoms with Crippen molar-refractivity contribution in [2.45, 2.75) is 32.1 Å². The minimum atomic E-state index is 0.837. The molecule has 0 saturated heterocycles. The number of aryl methyl sites for hydroxylation is 1. The molecule has 0 radical (unpaired) electrons. The van der Waals surface area contributed by atoms with Crippen molar-refractivity contribution >= 4 is 11.3 Å². The number of rotatable bonds is 0. The van der Waals surface area contributed by atoms with E-state index in [1.54, 1.807) is 10.4 Å². The maximum Gasteiger partial charge on any atom is 0.0105 e. The Bertz CT molecular complexity index is 224. The molecule has 0 unspecified atom stereocenters. The maximum atomic E-state index is 2.34. The first-order chi connectivity index (χ1) is 4.88. The van der Waals surface area contributed by atoms with Crippen LogP contribution in [0.1, 0.15) is 36.1 Å². The van der Waals surface area contributed by atoms with Gasteiger partial charge in [0.1, 0.15) is 0 Å². The lowest BCUT2D eigenvalue weighted by Gasteiger charge is -2.17. The highest BCUT2D eigenvalue weighted by molar-refractivity contribution is 7.10. The van der Waals surface area contributed by atoms with E-state index in [0.29, 0.717) is 0 Å². The van der Waals surface area contributed by atoms with Gasteiger partial charge in [0.2, 0.25) is 0 Å². The standard InChI is InChI=1S/C9H12S/c1-7-3-2-4-8-5-6-10-9(7)8/h5-7H,2-4H2,1H3/t7-/m1/s1. The molecule has 1 aliphatic carbocycles. The summed E-state index contributed by atoms with van der Waals surface area (Å²) in [5.74, 6) is 0.837. The Labute approximate surface area is 65.9 Å². The Morgan fingerprint density at radius 1 is 1.60 bits per heavy atom. The van der Waals surface area contributed by atoms with Crippen LogP contribution in [0.25, 0.3) is 0 Å². The summed E-state index contributed by atoms with van der Waals surface area (Å²) in [5.41, 5.74) is 1.61. The summed E-state index contributed by atoms with van der Waals surface area (Å²) in [6.07, 6.45) is 4.11. The first kappa shape index (κ1) is 6.41. The van der Waals surface area contributed by atoms with Crippen LogP contribution in [0.5, 0.6) is 0 Å². The van der Waals surface area contributed by atoms with Crippen molar-refractivity contribution < 1.29 is 0 Å². The lowest BCUT2D eigenvalue weighted by molar-refractivity contribution is 0.602. The zero-order chi connectivity index (χ0) is 6.97. The summed E-state index contributed by atoms with van der Waals surface area (Å²) in [6, 6.07) is 2.29. The van der Waals surface area contributed by atoms with Crippen molar-refractivity contribution in [3.63, 3.8) is 0 Å². The average molecular weight is 152 g/mol. The first-order valence-electron chi connectivity index (χ1n) is 3.94. The van der Waals surface area contributed by atoms with Gasteiger partial charge in [0.05, 0.1) is 0 Å². The predicted molar refractivity (Wildman–Crippen MR) is 45.7 cm³/mol. The smallest absolute Gasteiger partial charge is 0.0105 e. The largest absolute Gasteiger partial charge is 0.148 e. The summed E-state index contributed by atoms with van der Waals surface area (Å²) in [7, 11) is 0. The number of fused-ring (bicyclic) bond motifs is 1. The van der Waals surface area contributed by atoms with E-state index in [0.717, 1.165) is 5.92 Å². The summed E-state index contributed by atoms with van der Waals surface area (Å²) in [5, 5.41) is 2.23. The fourth-order valence-corrected chi connectivity index (χ4v) is 2.77. The van der Waals surface area contributed by atoms with Crippen LogP contribution in [0.4, 0.5) is 0 Å². The molecule has 1 atom stereocenters. The summed E-state index contributed by atoms with van der Waals surface area (Å²) < 4.78 is 0. The van der Waals surface area contributed by atoms with Crippen molar-refractivity contribution in [2.75, 3.05) is 0 Å². The normalized spacial score (nSPS) is 24.3. The van der Waals surface area contributed by atoms with Gasteiger partial charge in [-0.2, -0.15) is 0 Å². The summed E-state index contributed by atoms with van der Waals surface area (Å²) >= 11 is 1.93. The molecule has 54 valence electrons. The van der Waals surface area contributed by atoms with Crippen LogP contribution in [-0.2, 0) is 6.42 Å². The molecular weight excluding hydrogens is 140 g/mol. The van der Waals surface area contributed by atoms with Gasteiger partial charge in [0, 0.05) is 4.88 Å². The van der Waals surface area contributed by atoms with Crippen LogP contribution in [-0.4, -0.2) is 0 Å². The van der Waals surface area contributed by atoms with Crippen LogP contribution in [0.15, 0.2) is 11.4 Å². The minimum Gasteiger partial charge on any atom is -0.148 e. The molecule has 1 aromatic heterocycles. The number of thiophene rings is 1. The van der Waals surface area contributed by atoms with Gasteiger partial charge >= 0.3 is 0 Å².